The zero-order valence-electron chi connectivity index (χ0n) is 13.4. The van der Waals surface area contributed by atoms with E-state index in [9.17, 15) is 4.79 Å². The molecule has 0 saturated heterocycles. The molecule has 0 saturated carbocycles. The first kappa shape index (κ1) is 16.7. The molecular weight excluding hydrogens is 340 g/mol. The summed E-state index contributed by atoms with van der Waals surface area (Å²) in [5.74, 6) is 0.705. The number of aromatic nitrogens is 2. The Bertz CT molecular complexity index is 884. The van der Waals surface area contributed by atoms with E-state index in [2.05, 4.69) is 20.6 Å². The molecule has 0 bridgehead atoms. The average Bonchev–Trinajstić information content (AvgIpc) is 2.64. The van der Waals surface area contributed by atoms with Gasteiger partial charge in [0.2, 0.25) is 5.95 Å². The van der Waals surface area contributed by atoms with Gasteiger partial charge in [-0.15, -0.1) is 0 Å². The Kier molecular flexibility index (Phi) is 5.11. The Labute approximate surface area is 149 Å². The number of hydrogen-bond donors (Lipinski definition) is 2. The normalized spacial score (nSPS) is 10.2. The average molecular weight is 355 g/mol. The van der Waals surface area contributed by atoms with Crippen molar-refractivity contribution < 1.29 is 9.53 Å². The first-order valence-corrected chi connectivity index (χ1v) is 7.82. The summed E-state index contributed by atoms with van der Waals surface area (Å²) in [6, 6.07) is 14.4. The van der Waals surface area contributed by atoms with Crippen LogP contribution >= 0.6 is 11.6 Å². The Hall–Kier alpha value is -3.12. The van der Waals surface area contributed by atoms with Crippen molar-refractivity contribution in [3.8, 4) is 5.75 Å². The van der Waals surface area contributed by atoms with Crippen LogP contribution in [0.1, 0.15) is 10.4 Å². The molecule has 2 N–H and O–H groups in total. The summed E-state index contributed by atoms with van der Waals surface area (Å²) in [5, 5.41) is 6.33. The second-order valence-electron chi connectivity index (χ2n) is 5.09. The van der Waals surface area contributed by atoms with Gasteiger partial charge in [0.15, 0.2) is 0 Å². The highest BCUT2D eigenvalue weighted by atomic mass is 35.5. The lowest BCUT2D eigenvalue weighted by molar-refractivity contribution is 0.102. The van der Waals surface area contributed by atoms with E-state index >= 15 is 0 Å². The fraction of sp³-hybridized carbons (Fsp3) is 0.0556. The van der Waals surface area contributed by atoms with Crippen molar-refractivity contribution in [3.63, 3.8) is 0 Å². The molecule has 1 aromatic heterocycles. The Morgan fingerprint density at radius 1 is 1.08 bits per heavy atom. The summed E-state index contributed by atoms with van der Waals surface area (Å²) >= 11 is 6.08. The second kappa shape index (κ2) is 7.63. The number of anilines is 3. The SMILES string of the molecule is COc1cccc(NC(=O)c2cnc(Nc3ccccc3Cl)nc2)c1. The lowest BCUT2D eigenvalue weighted by Gasteiger charge is -2.08. The van der Waals surface area contributed by atoms with E-state index in [-0.39, 0.29) is 5.91 Å². The molecule has 0 unspecified atom stereocenters. The first-order valence-electron chi connectivity index (χ1n) is 7.45. The van der Waals surface area contributed by atoms with Crippen LogP contribution in [0.3, 0.4) is 0 Å². The van der Waals surface area contributed by atoms with Gasteiger partial charge in [-0.25, -0.2) is 9.97 Å². The minimum Gasteiger partial charge on any atom is -0.497 e. The molecule has 1 amide bonds. The van der Waals surface area contributed by atoms with Crippen LogP contribution in [-0.2, 0) is 0 Å². The monoisotopic (exact) mass is 354 g/mol. The van der Waals surface area contributed by atoms with Crippen molar-refractivity contribution in [1.82, 2.24) is 9.97 Å². The Morgan fingerprint density at radius 2 is 1.84 bits per heavy atom. The van der Waals surface area contributed by atoms with E-state index in [1.165, 1.54) is 12.4 Å². The molecule has 25 heavy (non-hydrogen) atoms. The number of methoxy groups -OCH3 is 1. The van der Waals surface area contributed by atoms with Gasteiger partial charge in [0.1, 0.15) is 5.75 Å². The van der Waals surface area contributed by atoms with Gasteiger partial charge in [-0.3, -0.25) is 4.79 Å². The van der Waals surface area contributed by atoms with Crippen LogP contribution in [-0.4, -0.2) is 23.0 Å². The molecule has 0 aliphatic rings. The summed E-state index contributed by atoms with van der Waals surface area (Å²) in [6.45, 7) is 0. The van der Waals surface area contributed by atoms with Crippen LogP contribution in [0, 0.1) is 0 Å². The van der Waals surface area contributed by atoms with Gasteiger partial charge >= 0.3 is 0 Å². The van der Waals surface area contributed by atoms with Crippen LogP contribution in [0.25, 0.3) is 0 Å². The van der Waals surface area contributed by atoms with Crippen LogP contribution in [0.4, 0.5) is 17.3 Å². The number of ether oxygens (including phenoxy) is 1. The van der Waals surface area contributed by atoms with Crippen LogP contribution in [0.5, 0.6) is 5.75 Å². The highest BCUT2D eigenvalue weighted by Gasteiger charge is 2.09. The van der Waals surface area contributed by atoms with Crippen molar-refractivity contribution in [2.45, 2.75) is 0 Å². The highest BCUT2D eigenvalue weighted by molar-refractivity contribution is 6.33. The van der Waals surface area contributed by atoms with E-state index in [1.807, 2.05) is 18.2 Å². The van der Waals surface area contributed by atoms with Gasteiger partial charge in [-0.05, 0) is 24.3 Å². The molecule has 0 radical (unpaired) electrons. The minimum atomic E-state index is -0.308. The number of benzene rings is 2. The lowest BCUT2D eigenvalue weighted by atomic mass is 10.2. The number of rotatable bonds is 5. The Morgan fingerprint density at radius 3 is 2.56 bits per heavy atom. The van der Waals surface area contributed by atoms with Crippen molar-refractivity contribution in [3.05, 3.63) is 71.5 Å². The molecule has 0 fully saturated rings. The largest absolute Gasteiger partial charge is 0.497 e. The van der Waals surface area contributed by atoms with Crippen molar-refractivity contribution in [2.75, 3.05) is 17.7 Å². The van der Waals surface area contributed by atoms with E-state index in [0.717, 1.165) is 0 Å². The van der Waals surface area contributed by atoms with Crippen molar-refractivity contribution in [1.29, 1.82) is 0 Å². The second-order valence-corrected chi connectivity index (χ2v) is 5.49. The summed E-state index contributed by atoms with van der Waals surface area (Å²) in [7, 11) is 1.57. The molecular formula is C18H15ClN4O2. The summed E-state index contributed by atoms with van der Waals surface area (Å²) < 4.78 is 5.13. The molecule has 1 heterocycles. The van der Waals surface area contributed by atoms with Crippen LogP contribution in [0.15, 0.2) is 60.9 Å². The number of para-hydroxylation sites is 1. The molecule has 0 aliphatic carbocycles. The molecule has 7 heteroatoms. The molecule has 126 valence electrons. The van der Waals surface area contributed by atoms with Crippen molar-refractivity contribution >= 4 is 34.8 Å². The molecule has 2 aromatic carbocycles. The van der Waals surface area contributed by atoms with Gasteiger partial charge in [-0.1, -0.05) is 29.8 Å². The minimum absolute atomic E-state index is 0.308. The first-order chi connectivity index (χ1) is 12.2. The smallest absolute Gasteiger partial charge is 0.258 e. The zero-order valence-corrected chi connectivity index (χ0v) is 14.1. The predicted octanol–water partition coefficient (Wildman–Crippen LogP) is 4.13. The standard InChI is InChI=1S/C18H15ClN4O2/c1-25-14-6-4-5-13(9-14)22-17(24)12-10-20-18(21-11-12)23-16-8-3-2-7-15(16)19/h2-11H,1H3,(H,22,24)(H,20,21,23). The number of halogens is 1. The van der Waals surface area contributed by atoms with Crippen LogP contribution < -0.4 is 15.4 Å². The quantitative estimate of drug-likeness (QED) is 0.720. The highest BCUT2D eigenvalue weighted by Crippen LogP contribution is 2.23. The third kappa shape index (κ3) is 4.24. The Balaban J connectivity index is 1.69. The number of nitrogens with zero attached hydrogens (tertiary/aromatic N) is 2. The number of hydrogen-bond acceptors (Lipinski definition) is 5. The van der Waals surface area contributed by atoms with Gasteiger partial charge in [0.05, 0.1) is 23.4 Å². The van der Waals surface area contributed by atoms with E-state index < -0.39 is 0 Å². The molecule has 0 aliphatic heterocycles. The fourth-order valence-corrected chi connectivity index (χ4v) is 2.28. The van der Waals surface area contributed by atoms with Crippen LogP contribution in [0.2, 0.25) is 5.02 Å². The van der Waals surface area contributed by atoms with E-state index in [1.54, 1.807) is 37.4 Å². The van der Waals surface area contributed by atoms with Gasteiger partial charge in [0.25, 0.3) is 5.91 Å². The maximum atomic E-state index is 12.3. The van der Waals surface area contributed by atoms with E-state index in [4.69, 9.17) is 16.3 Å². The van der Waals surface area contributed by atoms with Gasteiger partial charge in [-0.2, -0.15) is 0 Å². The maximum Gasteiger partial charge on any atom is 0.258 e. The lowest BCUT2D eigenvalue weighted by Crippen LogP contribution is -2.13. The topological polar surface area (TPSA) is 76.1 Å². The third-order valence-electron chi connectivity index (χ3n) is 3.36. The summed E-state index contributed by atoms with van der Waals surface area (Å²) in [4.78, 5) is 20.6. The predicted molar refractivity (Wildman–Crippen MR) is 97.7 cm³/mol. The fourth-order valence-electron chi connectivity index (χ4n) is 2.10. The molecule has 3 rings (SSSR count). The molecule has 0 spiro atoms. The molecule has 6 nitrogen and oxygen atoms in total. The summed E-state index contributed by atoms with van der Waals surface area (Å²) in [5.41, 5.74) is 1.66. The molecule has 3 aromatic rings. The van der Waals surface area contributed by atoms with Crippen molar-refractivity contribution in [2.24, 2.45) is 0 Å². The van der Waals surface area contributed by atoms with E-state index in [0.29, 0.717) is 33.7 Å². The number of nitrogens with one attached hydrogen (secondary N) is 2. The third-order valence-corrected chi connectivity index (χ3v) is 3.69. The summed E-state index contributed by atoms with van der Waals surface area (Å²) in [6.07, 6.45) is 2.89. The number of carbonyl (C=O) groups is 1. The van der Waals surface area contributed by atoms with Gasteiger partial charge in [0, 0.05) is 24.1 Å². The maximum absolute atomic E-state index is 12.3. The zero-order chi connectivity index (χ0) is 17.6. The number of amides is 1. The number of carbonyl (C=O) groups excluding carboxylic acids is 1. The van der Waals surface area contributed by atoms with Gasteiger partial charge < -0.3 is 15.4 Å². The molecule has 0 atom stereocenters.